The number of H-pyrrole nitrogens is 1. The van der Waals surface area contributed by atoms with Crippen molar-refractivity contribution in [2.24, 2.45) is 0 Å². The minimum atomic E-state index is -3.57. The van der Waals surface area contributed by atoms with Gasteiger partial charge in [0.1, 0.15) is 0 Å². The number of nitrogens with zero attached hydrogens (tertiary/aromatic N) is 3. The molecule has 1 amide bonds. The monoisotopic (exact) mass is 310 g/mol. The summed E-state index contributed by atoms with van der Waals surface area (Å²) in [6, 6.07) is 3.24. The molecule has 2 aromatic rings. The molecule has 1 aliphatic rings. The zero-order valence-corrected chi connectivity index (χ0v) is 11.9. The summed E-state index contributed by atoms with van der Waals surface area (Å²) in [5, 5.41) is 0.0633. The van der Waals surface area contributed by atoms with Gasteiger partial charge < -0.3 is 14.3 Å². The molecule has 3 heterocycles. The molecule has 0 aliphatic carbocycles. The number of piperazine rings is 1. The third-order valence-corrected chi connectivity index (χ3v) is 5.17. The number of imidazole rings is 1. The minimum absolute atomic E-state index is 0.0633. The molecule has 21 heavy (non-hydrogen) atoms. The van der Waals surface area contributed by atoms with Gasteiger partial charge in [-0.3, -0.25) is 4.79 Å². The van der Waals surface area contributed by atoms with Gasteiger partial charge in [-0.05, 0) is 12.1 Å². The summed E-state index contributed by atoms with van der Waals surface area (Å²) in [6.07, 6.45) is 4.03. The average molecular weight is 310 g/mol. The minimum Gasteiger partial charge on any atom is -0.459 e. The third-order valence-electron chi connectivity index (χ3n) is 3.35. The van der Waals surface area contributed by atoms with Crippen molar-refractivity contribution in [3.05, 3.63) is 36.7 Å². The summed E-state index contributed by atoms with van der Waals surface area (Å²) < 4.78 is 31.0. The maximum absolute atomic E-state index is 12.3. The first-order valence-electron chi connectivity index (χ1n) is 6.40. The predicted octanol–water partition coefficient (Wildman–Crippen LogP) is 0.149. The molecule has 0 radical (unpaired) electrons. The van der Waals surface area contributed by atoms with Crippen LogP contribution in [0, 0.1) is 0 Å². The summed E-state index contributed by atoms with van der Waals surface area (Å²) >= 11 is 0. The van der Waals surface area contributed by atoms with Crippen LogP contribution in [0.2, 0.25) is 0 Å². The first kappa shape index (κ1) is 13.8. The zero-order valence-electron chi connectivity index (χ0n) is 11.1. The second-order valence-corrected chi connectivity index (χ2v) is 6.50. The lowest BCUT2D eigenvalue weighted by molar-refractivity contribution is 0.0666. The van der Waals surface area contributed by atoms with Crippen molar-refractivity contribution in [2.75, 3.05) is 26.2 Å². The van der Waals surface area contributed by atoms with Crippen molar-refractivity contribution in [1.29, 1.82) is 0 Å². The highest BCUT2D eigenvalue weighted by atomic mass is 32.2. The van der Waals surface area contributed by atoms with Gasteiger partial charge in [0.2, 0.25) is 0 Å². The molecule has 2 aromatic heterocycles. The van der Waals surface area contributed by atoms with Crippen molar-refractivity contribution in [1.82, 2.24) is 19.2 Å². The lowest BCUT2D eigenvalue weighted by Crippen LogP contribution is -2.50. The molecule has 8 nitrogen and oxygen atoms in total. The van der Waals surface area contributed by atoms with Crippen LogP contribution in [0.15, 0.2) is 40.4 Å². The lowest BCUT2D eigenvalue weighted by atomic mass is 10.3. The van der Waals surface area contributed by atoms with Gasteiger partial charge >= 0.3 is 0 Å². The molecule has 9 heteroatoms. The van der Waals surface area contributed by atoms with Crippen molar-refractivity contribution >= 4 is 15.9 Å². The Morgan fingerprint density at radius 3 is 2.62 bits per heavy atom. The van der Waals surface area contributed by atoms with Crippen LogP contribution in [-0.4, -0.2) is 59.7 Å². The predicted molar refractivity (Wildman–Crippen MR) is 72.0 cm³/mol. The number of furan rings is 1. The van der Waals surface area contributed by atoms with Crippen LogP contribution in [0.1, 0.15) is 10.6 Å². The van der Waals surface area contributed by atoms with Crippen molar-refractivity contribution < 1.29 is 17.6 Å². The van der Waals surface area contributed by atoms with Crippen molar-refractivity contribution in [2.45, 2.75) is 5.03 Å². The van der Waals surface area contributed by atoms with Crippen LogP contribution in [0.5, 0.6) is 0 Å². The normalized spacial score (nSPS) is 17.0. The average Bonchev–Trinajstić information content (AvgIpc) is 3.19. The van der Waals surface area contributed by atoms with E-state index >= 15 is 0 Å². The Labute approximate surface area is 121 Å². The molecule has 112 valence electrons. The van der Waals surface area contributed by atoms with Crippen LogP contribution in [0.4, 0.5) is 0 Å². The van der Waals surface area contributed by atoms with E-state index in [1.54, 1.807) is 17.0 Å². The Kier molecular flexibility index (Phi) is 3.52. The number of nitrogens with one attached hydrogen (secondary N) is 1. The van der Waals surface area contributed by atoms with Gasteiger partial charge in [0.15, 0.2) is 10.8 Å². The molecule has 0 spiro atoms. The summed E-state index contributed by atoms with van der Waals surface area (Å²) in [5.41, 5.74) is 0. The highest BCUT2D eigenvalue weighted by Crippen LogP contribution is 2.16. The highest BCUT2D eigenvalue weighted by Gasteiger charge is 2.31. The number of rotatable bonds is 3. The molecule has 0 aromatic carbocycles. The number of carbonyl (C=O) groups excluding carboxylic acids is 1. The van der Waals surface area contributed by atoms with E-state index in [2.05, 4.69) is 9.97 Å². The number of aromatic amines is 1. The molecule has 0 bridgehead atoms. The van der Waals surface area contributed by atoms with Gasteiger partial charge in [0.25, 0.3) is 15.9 Å². The van der Waals surface area contributed by atoms with E-state index in [4.69, 9.17) is 4.42 Å². The van der Waals surface area contributed by atoms with E-state index in [1.165, 1.54) is 23.1 Å². The van der Waals surface area contributed by atoms with Crippen LogP contribution in [0.25, 0.3) is 0 Å². The first-order chi connectivity index (χ1) is 10.1. The Morgan fingerprint density at radius 1 is 1.29 bits per heavy atom. The zero-order chi connectivity index (χ0) is 14.9. The Hall–Kier alpha value is -2.13. The number of amides is 1. The molecule has 0 unspecified atom stereocenters. The SMILES string of the molecule is O=C(c1ccco1)N1CCN(S(=O)(=O)c2cnc[nH]2)CC1. The van der Waals surface area contributed by atoms with Gasteiger partial charge in [0, 0.05) is 26.2 Å². The third kappa shape index (κ3) is 2.57. The van der Waals surface area contributed by atoms with Gasteiger partial charge in [0.05, 0.1) is 18.8 Å². The first-order valence-corrected chi connectivity index (χ1v) is 7.84. The molecule has 0 atom stereocenters. The fourth-order valence-electron chi connectivity index (χ4n) is 2.21. The van der Waals surface area contributed by atoms with Crippen molar-refractivity contribution in [3.8, 4) is 0 Å². The molecule has 1 aliphatic heterocycles. The number of carbonyl (C=O) groups is 1. The van der Waals surface area contributed by atoms with E-state index in [-0.39, 0.29) is 29.8 Å². The van der Waals surface area contributed by atoms with Crippen LogP contribution >= 0.6 is 0 Å². The molecular formula is C12H14N4O4S. The second kappa shape index (κ2) is 5.34. The standard InChI is InChI=1S/C12H14N4O4S/c17-12(10-2-1-7-20-10)15-3-5-16(6-4-15)21(18,19)11-8-13-9-14-11/h1-2,7-9H,3-6H2,(H,13,14). The summed E-state index contributed by atoms with van der Waals surface area (Å²) in [5.74, 6) is 0.0402. The highest BCUT2D eigenvalue weighted by molar-refractivity contribution is 7.89. The van der Waals surface area contributed by atoms with Gasteiger partial charge in [-0.1, -0.05) is 0 Å². The maximum Gasteiger partial charge on any atom is 0.289 e. The second-order valence-electron chi connectivity index (χ2n) is 4.59. The molecule has 1 fully saturated rings. The summed E-state index contributed by atoms with van der Waals surface area (Å²) in [6.45, 7) is 1.14. The molecule has 0 saturated carbocycles. The van der Waals surface area contributed by atoms with E-state index in [9.17, 15) is 13.2 Å². The molecule has 1 saturated heterocycles. The molecule has 3 rings (SSSR count). The molecule has 1 N–H and O–H groups in total. The van der Waals surface area contributed by atoms with Crippen molar-refractivity contribution in [3.63, 3.8) is 0 Å². The fraction of sp³-hybridized carbons (Fsp3) is 0.333. The molecular weight excluding hydrogens is 296 g/mol. The van der Waals surface area contributed by atoms with E-state index in [0.717, 1.165) is 0 Å². The summed E-state index contributed by atoms with van der Waals surface area (Å²) in [4.78, 5) is 20.0. The number of hydrogen-bond acceptors (Lipinski definition) is 5. The van der Waals surface area contributed by atoms with Gasteiger partial charge in [-0.2, -0.15) is 4.31 Å². The lowest BCUT2D eigenvalue weighted by Gasteiger charge is -2.33. The van der Waals surface area contributed by atoms with Crippen LogP contribution in [-0.2, 0) is 10.0 Å². The number of hydrogen-bond donors (Lipinski definition) is 1. The van der Waals surface area contributed by atoms with Crippen LogP contribution < -0.4 is 0 Å². The van der Waals surface area contributed by atoms with E-state index < -0.39 is 10.0 Å². The Balaban J connectivity index is 1.67. The number of sulfonamides is 1. The Morgan fingerprint density at radius 2 is 2.05 bits per heavy atom. The Bertz CT molecular complexity index is 701. The topological polar surface area (TPSA) is 99.5 Å². The quantitative estimate of drug-likeness (QED) is 0.870. The van der Waals surface area contributed by atoms with E-state index in [0.29, 0.717) is 13.1 Å². The fourth-order valence-corrected chi connectivity index (χ4v) is 3.53. The maximum atomic E-state index is 12.3. The van der Waals surface area contributed by atoms with E-state index in [1.807, 2.05) is 0 Å². The van der Waals surface area contributed by atoms with Crippen LogP contribution in [0.3, 0.4) is 0 Å². The van der Waals surface area contributed by atoms with Gasteiger partial charge in [-0.25, -0.2) is 13.4 Å². The number of aromatic nitrogens is 2. The largest absolute Gasteiger partial charge is 0.459 e. The summed E-state index contributed by atoms with van der Waals surface area (Å²) in [7, 11) is -3.57. The smallest absolute Gasteiger partial charge is 0.289 e. The van der Waals surface area contributed by atoms with Gasteiger partial charge in [-0.15, -0.1) is 0 Å².